The lowest BCUT2D eigenvalue weighted by Crippen LogP contribution is -2.22. The Kier molecular flexibility index (Phi) is 2.37. The SMILES string of the molecule is O=C([O-])c1ccc(N2CCOC2)cc1. The van der Waals surface area contributed by atoms with Gasteiger partial charge in [0, 0.05) is 12.2 Å². The molecule has 0 saturated carbocycles. The molecule has 0 aliphatic carbocycles. The lowest BCUT2D eigenvalue weighted by molar-refractivity contribution is -0.255. The summed E-state index contributed by atoms with van der Waals surface area (Å²) in [6, 6.07) is 6.62. The minimum atomic E-state index is -1.14. The topological polar surface area (TPSA) is 52.6 Å². The van der Waals surface area contributed by atoms with E-state index >= 15 is 0 Å². The second-order valence-electron chi connectivity index (χ2n) is 3.14. The lowest BCUT2D eigenvalue weighted by atomic mass is 10.2. The Balaban J connectivity index is 2.16. The maximum atomic E-state index is 10.5. The number of rotatable bonds is 2. The van der Waals surface area contributed by atoms with E-state index in [2.05, 4.69) is 0 Å². The van der Waals surface area contributed by atoms with E-state index < -0.39 is 5.97 Å². The minimum Gasteiger partial charge on any atom is -0.545 e. The number of hydrogen-bond donors (Lipinski definition) is 0. The molecule has 0 spiro atoms. The average molecular weight is 192 g/mol. The van der Waals surface area contributed by atoms with Crippen molar-refractivity contribution in [3.05, 3.63) is 29.8 Å². The van der Waals surface area contributed by atoms with Crippen LogP contribution < -0.4 is 10.0 Å². The quantitative estimate of drug-likeness (QED) is 0.653. The van der Waals surface area contributed by atoms with Gasteiger partial charge in [0.1, 0.15) is 6.73 Å². The number of hydrogen-bond acceptors (Lipinski definition) is 4. The molecule has 0 unspecified atom stereocenters. The Morgan fingerprint density at radius 1 is 1.36 bits per heavy atom. The fourth-order valence-electron chi connectivity index (χ4n) is 1.43. The number of ether oxygens (including phenoxy) is 1. The van der Waals surface area contributed by atoms with Crippen LogP contribution in [0.2, 0.25) is 0 Å². The number of anilines is 1. The number of carboxylic acid groups (broad SMARTS) is 1. The molecule has 0 bridgehead atoms. The van der Waals surface area contributed by atoms with Gasteiger partial charge >= 0.3 is 0 Å². The summed E-state index contributed by atoms with van der Waals surface area (Å²) in [5, 5.41) is 10.5. The number of carbonyl (C=O) groups is 1. The average Bonchev–Trinajstić information content (AvgIpc) is 2.71. The van der Waals surface area contributed by atoms with E-state index in [4.69, 9.17) is 4.74 Å². The molecule has 14 heavy (non-hydrogen) atoms. The maximum Gasteiger partial charge on any atom is 0.119 e. The summed E-state index contributed by atoms with van der Waals surface area (Å²) in [5.41, 5.74) is 1.18. The third-order valence-corrected chi connectivity index (χ3v) is 2.22. The van der Waals surface area contributed by atoms with Gasteiger partial charge < -0.3 is 19.5 Å². The molecule has 1 heterocycles. The van der Waals surface area contributed by atoms with Crippen molar-refractivity contribution in [2.75, 3.05) is 24.8 Å². The second-order valence-corrected chi connectivity index (χ2v) is 3.14. The smallest absolute Gasteiger partial charge is 0.119 e. The Morgan fingerprint density at radius 2 is 2.07 bits per heavy atom. The third kappa shape index (κ3) is 1.70. The summed E-state index contributed by atoms with van der Waals surface area (Å²) < 4.78 is 5.19. The van der Waals surface area contributed by atoms with Crippen molar-refractivity contribution in [3.63, 3.8) is 0 Å². The highest BCUT2D eigenvalue weighted by atomic mass is 16.5. The fourth-order valence-corrected chi connectivity index (χ4v) is 1.43. The summed E-state index contributed by atoms with van der Waals surface area (Å²) in [4.78, 5) is 12.5. The van der Waals surface area contributed by atoms with Gasteiger partial charge in [-0.05, 0) is 17.7 Å². The molecule has 1 fully saturated rings. The molecule has 0 atom stereocenters. The normalized spacial score (nSPS) is 15.9. The lowest BCUT2D eigenvalue weighted by Gasteiger charge is -2.15. The summed E-state index contributed by atoms with van der Waals surface area (Å²) in [7, 11) is 0. The summed E-state index contributed by atoms with van der Waals surface area (Å²) >= 11 is 0. The van der Waals surface area contributed by atoms with Crippen LogP contribution in [0.15, 0.2) is 24.3 Å². The molecule has 4 nitrogen and oxygen atoms in total. The first-order valence-electron chi connectivity index (χ1n) is 4.41. The standard InChI is InChI=1S/C10H11NO3/c12-10(13)8-1-3-9(4-2-8)11-5-6-14-7-11/h1-4H,5-7H2,(H,12,13)/p-1. The van der Waals surface area contributed by atoms with Gasteiger partial charge in [0.2, 0.25) is 0 Å². The van der Waals surface area contributed by atoms with Crippen LogP contribution in [0.25, 0.3) is 0 Å². The van der Waals surface area contributed by atoms with Crippen LogP contribution in [-0.4, -0.2) is 25.9 Å². The van der Waals surface area contributed by atoms with Gasteiger partial charge in [-0.25, -0.2) is 0 Å². The van der Waals surface area contributed by atoms with E-state index in [9.17, 15) is 9.90 Å². The molecule has 74 valence electrons. The van der Waals surface area contributed by atoms with E-state index in [1.54, 1.807) is 24.3 Å². The van der Waals surface area contributed by atoms with Gasteiger partial charge in [0.05, 0.1) is 12.6 Å². The molecular formula is C10H10NO3-. The van der Waals surface area contributed by atoms with Crippen molar-refractivity contribution in [2.24, 2.45) is 0 Å². The summed E-state index contributed by atoms with van der Waals surface area (Å²) in [6.07, 6.45) is 0. The molecule has 2 rings (SSSR count). The summed E-state index contributed by atoms with van der Waals surface area (Å²) in [6.45, 7) is 2.15. The number of aromatic carboxylic acids is 1. The second kappa shape index (κ2) is 3.67. The van der Waals surface area contributed by atoms with Crippen molar-refractivity contribution in [1.29, 1.82) is 0 Å². The van der Waals surface area contributed by atoms with E-state index in [0.29, 0.717) is 6.73 Å². The van der Waals surface area contributed by atoms with Gasteiger partial charge in [-0.15, -0.1) is 0 Å². The van der Waals surface area contributed by atoms with Crippen LogP contribution in [-0.2, 0) is 4.74 Å². The van der Waals surface area contributed by atoms with Crippen molar-refractivity contribution < 1.29 is 14.6 Å². The first-order valence-corrected chi connectivity index (χ1v) is 4.41. The van der Waals surface area contributed by atoms with Crippen molar-refractivity contribution >= 4 is 11.7 Å². The van der Waals surface area contributed by atoms with E-state index in [-0.39, 0.29) is 5.56 Å². The zero-order valence-corrected chi connectivity index (χ0v) is 7.60. The molecule has 0 N–H and O–H groups in total. The molecule has 0 radical (unpaired) electrons. The molecule has 4 heteroatoms. The Morgan fingerprint density at radius 3 is 2.57 bits per heavy atom. The van der Waals surface area contributed by atoms with Gasteiger partial charge in [-0.2, -0.15) is 0 Å². The fraction of sp³-hybridized carbons (Fsp3) is 0.300. The largest absolute Gasteiger partial charge is 0.545 e. The highest BCUT2D eigenvalue weighted by molar-refractivity contribution is 5.86. The van der Waals surface area contributed by atoms with Crippen molar-refractivity contribution in [3.8, 4) is 0 Å². The van der Waals surface area contributed by atoms with Crippen LogP contribution in [0.1, 0.15) is 10.4 Å². The van der Waals surface area contributed by atoms with Crippen LogP contribution in [0.4, 0.5) is 5.69 Å². The van der Waals surface area contributed by atoms with Crippen molar-refractivity contribution in [1.82, 2.24) is 0 Å². The van der Waals surface area contributed by atoms with Crippen LogP contribution >= 0.6 is 0 Å². The van der Waals surface area contributed by atoms with E-state index in [1.165, 1.54) is 0 Å². The first-order chi connectivity index (χ1) is 6.77. The maximum absolute atomic E-state index is 10.5. The Hall–Kier alpha value is -1.55. The minimum absolute atomic E-state index is 0.203. The number of carbonyl (C=O) groups excluding carboxylic acids is 1. The van der Waals surface area contributed by atoms with Crippen LogP contribution in [0, 0.1) is 0 Å². The molecular weight excluding hydrogens is 182 g/mol. The van der Waals surface area contributed by atoms with Crippen LogP contribution in [0.5, 0.6) is 0 Å². The monoisotopic (exact) mass is 192 g/mol. The number of nitrogens with zero attached hydrogens (tertiary/aromatic N) is 1. The molecule has 1 aromatic carbocycles. The molecule has 0 amide bonds. The molecule has 1 saturated heterocycles. The van der Waals surface area contributed by atoms with Gasteiger partial charge in [0.15, 0.2) is 0 Å². The first kappa shape index (κ1) is 9.02. The molecule has 1 aliphatic rings. The zero-order chi connectivity index (χ0) is 9.97. The van der Waals surface area contributed by atoms with E-state index in [0.717, 1.165) is 18.8 Å². The predicted octanol–water partition coefficient (Wildman–Crippen LogP) is -0.156. The third-order valence-electron chi connectivity index (χ3n) is 2.22. The van der Waals surface area contributed by atoms with Crippen molar-refractivity contribution in [2.45, 2.75) is 0 Å². The van der Waals surface area contributed by atoms with Gasteiger partial charge in [0.25, 0.3) is 0 Å². The number of carboxylic acids is 1. The van der Waals surface area contributed by atoms with Crippen LogP contribution in [0.3, 0.4) is 0 Å². The Labute approximate surface area is 81.7 Å². The molecule has 0 aromatic heterocycles. The van der Waals surface area contributed by atoms with E-state index in [1.807, 2.05) is 4.90 Å². The highest BCUT2D eigenvalue weighted by Crippen LogP contribution is 2.17. The highest BCUT2D eigenvalue weighted by Gasteiger charge is 2.11. The molecule has 1 aliphatic heterocycles. The zero-order valence-electron chi connectivity index (χ0n) is 7.60. The summed E-state index contributed by atoms with van der Waals surface area (Å²) in [5.74, 6) is -1.14. The molecule has 1 aromatic rings. The predicted molar refractivity (Wildman–Crippen MR) is 48.9 cm³/mol. The Bertz CT molecular complexity index is 328. The van der Waals surface area contributed by atoms with Gasteiger partial charge in [-0.1, -0.05) is 12.1 Å². The van der Waals surface area contributed by atoms with Gasteiger partial charge in [-0.3, -0.25) is 0 Å². The number of benzene rings is 1.